The Kier molecular flexibility index (Phi) is 4.85. The molecule has 0 saturated heterocycles. The summed E-state index contributed by atoms with van der Waals surface area (Å²) >= 11 is 0. The quantitative estimate of drug-likeness (QED) is 0.639. The van der Waals surface area contributed by atoms with Gasteiger partial charge in [-0.25, -0.2) is 0 Å². The molecule has 0 atom stereocenters. The van der Waals surface area contributed by atoms with Crippen molar-refractivity contribution < 1.29 is 4.79 Å². The average molecular weight is 225 g/mol. The normalized spacial score (nSPS) is 9.88. The third-order valence-electron chi connectivity index (χ3n) is 2.29. The second-order valence-corrected chi connectivity index (χ2v) is 3.47. The highest BCUT2D eigenvalue weighted by molar-refractivity contribution is 6.06. The van der Waals surface area contributed by atoms with Gasteiger partial charge in [-0.1, -0.05) is 66.7 Å². The van der Waals surface area contributed by atoms with E-state index < -0.39 is 0 Å². The summed E-state index contributed by atoms with van der Waals surface area (Å²) in [5.74, 6) is 0.0319. The number of allylic oxidation sites excluding steroid dienone is 1. The van der Waals surface area contributed by atoms with Gasteiger partial charge >= 0.3 is 0 Å². The monoisotopic (exact) mass is 225 g/mol. The lowest BCUT2D eigenvalue weighted by atomic mass is 10.1. The molecule has 17 heavy (non-hydrogen) atoms. The van der Waals surface area contributed by atoms with Gasteiger partial charge in [-0.05, 0) is 11.6 Å². The maximum atomic E-state index is 11.7. The van der Waals surface area contributed by atoms with E-state index in [0.717, 1.165) is 11.1 Å². The predicted molar refractivity (Wildman–Crippen MR) is 71.3 cm³/mol. The Morgan fingerprint density at radius 2 is 1.35 bits per heavy atom. The molecule has 3 N–H and O–H groups in total. The smallest absolute Gasteiger partial charge is 0.185 e. The lowest BCUT2D eigenvalue weighted by Crippen LogP contribution is -1.92. The summed E-state index contributed by atoms with van der Waals surface area (Å²) in [6.07, 6.45) is 3.43. The van der Waals surface area contributed by atoms with Gasteiger partial charge in [0.15, 0.2) is 5.78 Å². The Labute approximate surface area is 101 Å². The predicted octanol–water partition coefficient (Wildman–Crippen LogP) is 3.74. The molecule has 86 valence electrons. The molecule has 0 aliphatic carbocycles. The van der Waals surface area contributed by atoms with E-state index in [1.54, 1.807) is 6.08 Å². The largest absolute Gasteiger partial charge is 0.344 e. The van der Waals surface area contributed by atoms with E-state index >= 15 is 0 Å². The van der Waals surface area contributed by atoms with Crippen LogP contribution in [0.5, 0.6) is 0 Å². The third kappa shape index (κ3) is 3.70. The van der Waals surface area contributed by atoms with Crippen molar-refractivity contribution in [2.75, 3.05) is 0 Å². The second-order valence-electron chi connectivity index (χ2n) is 3.47. The molecular weight excluding hydrogens is 210 g/mol. The number of benzene rings is 2. The Morgan fingerprint density at radius 3 is 1.94 bits per heavy atom. The highest BCUT2D eigenvalue weighted by atomic mass is 16.1. The molecule has 2 heteroatoms. The van der Waals surface area contributed by atoms with Crippen LogP contribution in [0, 0.1) is 0 Å². The standard InChI is InChI=1S/C15H12O.H3N/c16-15(14-9-5-2-6-10-14)12-11-13-7-3-1-4-8-13;/h1-12H;1H3/b12-11+;. The zero-order chi connectivity index (χ0) is 11.2. The summed E-state index contributed by atoms with van der Waals surface area (Å²) in [5, 5.41) is 0. The molecule has 0 fully saturated rings. The summed E-state index contributed by atoms with van der Waals surface area (Å²) in [6.45, 7) is 0. The van der Waals surface area contributed by atoms with Gasteiger partial charge in [0.25, 0.3) is 0 Å². The van der Waals surface area contributed by atoms with Crippen molar-refractivity contribution in [3.8, 4) is 0 Å². The molecule has 0 bridgehead atoms. The first-order chi connectivity index (χ1) is 7.86. The summed E-state index contributed by atoms with van der Waals surface area (Å²) in [4.78, 5) is 11.7. The minimum Gasteiger partial charge on any atom is -0.344 e. The molecule has 0 spiro atoms. The first-order valence-corrected chi connectivity index (χ1v) is 5.19. The molecule has 0 aliphatic rings. The Balaban J connectivity index is 0.00000144. The van der Waals surface area contributed by atoms with Crippen molar-refractivity contribution in [3.05, 3.63) is 77.9 Å². The van der Waals surface area contributed by atoms with E-state index in [0.29, 0.717) is 0 Å². The van der Waals surface area contributed by atoms with Crippen LogP contribution in [0.4, 0.5) is 0 Å². The van der Waals surface area contributed by atoms with Crippen LogP contribution in [0.25, 0.3) is 6.08 Å². The molecule has 0 aromatic heterocycles. The van der Waals surface area contributed by atoms with E-state index in [-0.39, 0.29) is 11.9 Å². The van der Waals surface area contributed by atoms with Crippen molar-refractivity contribution >= 4 is 11.9 Å². The number of hydrogen-bond donors (Lipinski definition) is 1. The maximum absolute atomic E-state index is 11.7. The van der Waals surface area contributed by atoms with Crippen LogP contribution in [0.15, 0.2) is 66.7 Å². The van der Waals surface area contributed by atoms with Crippen LogP contribution in [0.3, 0.4) is 0 Å². The zero-order valence-corrected chi connectivity index (χ0v) is 9.54. The van der Waals surface area contributed by atoms with Gasteiger partial charge in [-0.3, -0.25) is 4.79 Å². The molecule has 2 rings (SSSR count). The maximum Gasteiger partial charge on any atom is 0.185 e. The average Bonchev–Trinajstić information content (AvgIpc) is 2.38. The molecule has 0 amide bonds. The lowest BCUT2D eigenvalue weighted by molar-refractivity contribution is 0.104. The minimum atomic E-state index is 0. The van der Waals surface area contributed by atoms with E-state index in [4.69, 9.17) is 0 Å². The molecule has 2 aromatic carbocycles. The van der Waals surface area contributed by atoms with Crippen molar-refractivity contribution in [2.24, 2.45) is 0 Å². The van der Waals surface area contributed by atoms with Crippen molar-refractivity contribution in [3.63, 3.8) is 0 Å². The highest BCUT2D eigenvalue weighted by Crippen LogP contribution is 2.05. The van der Waals surface area contributed by atoms with Gasteiger partial charge in [-0.15, -0.1) is 0 Å². The van der Waals surface area contributed by atoms with Gasteiger partial charge in [0.2, 0.25) is 0 Å². The Bertz CT molecular complexity index is 489. The van der Waals surface area contributed by atoms with Gasteiger partial charge in [0.05, 0.1) is 0 Å². The van der Waals surface area contributed by atoms with Crippen LogP contribution in [0.2, 0.25) is 0 Å². The van der Waals surface area contributed by atoms with Crippen LogP contribution < -0.4 is 6.15 Å². The SMILES string of the molecule is N.O=C(/C=C/c1ccccc1)c1ccccc1. The number of ketones is 1. The fraction of sp³-hybridized carbons (Fsp3) is 0. The number of hydrogen-bond acceptors (Lipinski definition) is 2. The molecule has 0 heterocycles. The third-order valence-corrected chi connectivity index (χ3v) is 2.29. The fourth-order valence-electron chi connectivity index (χ4n) is 1.43. The second kappa shape index (κ2) is 6.40. The molecule has 0 unspecified atom stereocenters. The topological polar surface area (TPSA) is 52.1 Å². The molecule has 2 aromatic rings. The van der Waals surface area contributed by atoms with Gasteiger partial charge < -0.3 is 6.15 Å². The summed E-state index contributed by atoms with van der Waals surface area (Å²) in [6, 6.07) is 19.1. The fourth-order valence-corrected chi connectivity index (χ4v) is 1.43. The van der Waals surface area contributed by atoms with Gasteiger partial charge in [0.1, 0.15) is 0 Å². The number of carbonyl (C=O) groups is 1. The Hall–Kier alpha value is -2.19. The van der Waals surface area contributed by atoms with Crippen LogP contribution >= 0.6 is 0 Å². The molecule has 0 aliphatic heterocycles. The van der Waals surface area contributed by atoms with Crippen molar-refractivity contribution in [2.45, 2.75) is 0 Å². The first-order valence-electron chi connectivity index (χ1n) is 5.19. The summed E-state index contributed by atoms with van der Waals surface area (Å²) < 4.78 is 0. The van der Waals surface area contributed by atoms with Crippen LogP contribution in [-0.4, -0.2) is 5.78 Å². The van der Waals surface area contributed by atoms with E-state index in [2.05, 4.69) is 0 Å². The van der Waals surface area contributed by atoms with Crippen molar-refractivity contribution in [1.82, 2.24) is 6.15 Å². The van der Waals surface area contributed by atoms with E-state index in [9.17, 15) is 4.79 Å². The lowest BCUT2D eigenvalue weighted by Gasteiger charge is -1.94. The Morgan fingerprint density at radius 1 is 0.824 bits per heavy atom. The number of carbonyl (C=O) groups excluding carboxylic acids is 1. The van der Waals surface area contributed by atoms with Gasteiger partial charge in [0, 0.05) is 5.56 Å². The molecule has 0 saturated carbocycles. The van der Waals surface area contributed by atoms with E-state index in [1.807, 2.05) is 66.7 Å². The zero-order valence-electron chi connectivity index (χ0n) is 9.54. The molecular formula is C15H15NO. The van der Waals surface area contributed by atoms with Crippen LogP contribution in [0.1, 0.15) is 15.9 Å². The molecule has 2 nitrogen and oxygen atoms in total. The minimum absolute atomic E-state index is 0. The summed E-state index contributed by atoms with van der Waals surface area (Å²) in [7, 11) is 0. The van der Waals surface area contributed by atoms with Gasteiger partial charge in [-0.2, -0.15) is 0 Å². The van der Waals surface area contributed by atoms with Crippen molar-refractivity contribution in [1.29, 1.82) is 0 Å². The van der Waals surface area contributed by atoms with Crippen LogP contribution in [-0.2, 0) is 0 Å². The van der Waals surface area contributed by atoms with E-state index in [1.165, 1.54) is 0 Å². The number of rotatable bonds is 3. The first kappa shape index (κ1) is 12.9. The summed E-state index contributed by atoms with van der Waals surface area (Å²) in [5.41, 5.74) is 1.75. The highest BCUT2D eigenvalue weighted by Gasteiger charge is 1.98. The molecule has 0 radical (unpaired) electrons.